The minimum Gasteiger partial charge on any atom is -0.434 e. The maximum atomic E-state index is 12.4. The van der Waals surface area contributed by atoms with Gasteiger partial charge in [-0.15, -0.1) is 11.3 Å². The first-order valence-corrected chi connectivity index (χ1v) is 7.46. The highest BCUT2D eigenvalue weighted by Crippen LogP contribution is 2.25. The van der Waals surface area contributed by atoms with Crippen LogP contribution in [0.25, 0.3) is 10.6 Å². The van der Waals surface area contributed by atoms with Gasteiger partial charge in [-0.3, -0.25) is 9.89 Å². The summed E-state index contributed by atoms with van der Waals surface area (Å²) in [5, 5.41) is 11.3. The Morgan fingerprint density at radius 1 is 1.26 bits per heavy atom. The number of carbonyl (C=O) groups is 1. The second-order valence-corrected chi connectivity index (χ2v) is 5.42. The summed E-state index contributed by atoms with van der Waals surface area (Å²) in [6.07, 6.45) is 0. The molecule has 5 nitrogen and oxygen atoms in total. The molecule has 1 amide bonds. The molecule has 1 aromatic carbocycles. The molecule has 2 aromatic heterocycles. The number of carbonyl (C=O) groups excluding carboxylic acids is 1. The molecule has 8 heteroatoms. The van der Waals surface area contributed by atoms with Crippen molar-refractivity contribution in [3.8, 4) is 16.3 Å². The molecule has 0 radical (unpaired) electrons. The van der Waals surface area contributed by atoms with Crippen molar-refractivity contribution in [3.63, 3.8) is 0 Å². The topological polar surface area (TPSA) is 67.0 Å². The van der Waals surface area contributed by atoms with Crippen LogP contribution in [0.15, 0.2) is 47.8 Å². The monoisotopic (exact) mass is 335 g/mol. The third-order valence-corrected chi connectivity index (χ3v) is 3.86. The number of aromatic nitrogens is 2. The van der Waals surface area contributed by atoms with Gasteiger partial charge in [-0.1, -0.05) is 18.2 Å². The molecule has 2 N–H and O–H groups in total. The van der Waals surface area contributed by atoms with Crippen molar-refractivity contribution in [2.75, 3.05) is 5.32 Å². The summed E-state index contributed by atoms with van der Waals surface area (Å²) in [6, 6.07) is 11.3. The largest absolute Gasteiger partial charge is 0.434 e. The van der Waals surface area contributed by atoms with Crippen molar-refractivity contribution in [1.29, 1.82) is 0 Å². The number of alkyl halides is 2. The van der Waals surface area contributed by atoms with Gasteiger partial charge < -0.3 is 10.1 Å². The molecule has 0 spiro atoms. The average molecular weight is 335 g/mol. The van der Waals surface area contributed by atoms with Gasteiger partial charge in [0.15, 0.2) is 5.82 Å². The summed E-state index contributed by atoms with van der Waals surface area (Å²) in [4.78, 5) is 13.2. The zero-order chi connectivity index (χ0) is 16.2. The van der Waals surface area contributed by atoms with Crippen LogP contribution in [0.5, 0.6) is 5.75 Å². The minimum atomic E-state index is -3.00. The van der Waals surface area contributed by atoms with Gasteiger partial charge in [0.05, 0.1) is 16.1 Å². The molecular weight excluding hydrogens is 324 g/mol. The standard InChI is InChI=1S/C15H11F2N3O2S/c16-15(17)22-11-5-2-1-4-9(11)14(21)18-13-8-10(19-20-13)12-6-3-7-23-12/h1-8,15H,(H2,18,19,20,21). The van der Waals surface area contributed by atoms with Crippen molar-refractivity contribution >= 4 is 23.1 Å². The van der Waals surface area contributed by atoms with E-state index in [2.05, 4.69) is 20.3 Å². The lowest BCUT2D eigenvalue weighted by atomic mass is 10.2. The number of benzene rings is 1. The Bertz CT molecular complexity index is 803. The van der Waals surface area contributed by atoms with Crippen LogP contribution < -0.4 is 10.1 Å². The zero-order valence-electron chi connectivity index (χ0n) is 11.6. The second-order valence-electron chi connectivity index (χ2n) is 4.47. The highest BCUT2D eigenvalue weighted by Gasteiger charge is 2.16. The molecule has 0 bridgehead atoms. The molecule has 2 heterocycles. The lowest BCUT2D eigenvalue weighted by molar-refractivity contribution is -0.0501. The van der Waals surface area contributed by atoms with Crippen LogP contribution in [-0.4, -0.2) is 22.7 Å². The van der Waals surface area contributed by atoms with Crippen molar-refractivity contribution < 1.29 is 18.3 Å². The van der Waals surface area contributed by atoms with E-state index in [-0.39, 0.29) is 11.3 Å². The predicted molar refractivity (Wildman–Crippen MR) is 82.9 cm³/mol. The lowest BCUT2D eigenvalue weighted by Gasteiger charge is -2.09. The van der Waals surface area contributed by atoms with Crippen LogP contribution in [0.4, 0.5) is 14.6 Å². The van der Waals surface area contributed by atoms with Crippen molar-refractivity contribution in [1.82, 2.24) is 10.2 Å². The second kappa shape index (κ2) is 6.57. The molecule has 0 unspecified atom stereocenters. The van der Waals surface area contributed by atoms with Gasteiger partial charge >= 0.3 is 6.61 Å². The fourth-order valence-electron chi connectivity index (χ4n) is 1.98. The maximum absolute atomic E-state index is 12.4. The molecule has 0 saturated heterocycles. The fourth-order valence-corrected chi connectivity index (χ4v) is 2.67. The van der Waals surface area contributed by atoms with Crippen LogP contribution in [-0.2, 0) is 0 Å². The number of thiophene rings is 1. The van der Waals surface area contributed by atoms with Gasteiger partial charge in [-0.25, -0.2) is 0 Å². The van der Waals surface area contributed by atoms with E-state index in [4.69, 9.17) is 0 Å². The number of anilines is 1. The van der Waals surface area contributed by atoms with Gasteiger partial charge in [0.1, 0.15) is 5.75 Å². The summed E-state index contributed by atoms with van der Waals surface area (Å²) in [5.41, 5.74) is 0.765. The van der Waals surface area contributed by atoms with Crippen LogP contribution in [0.1, 0.15) is 10.4 Å². The van der Waals surface area contributed by atoms with Gasteiger partial charge in [0.25, 0.3) is 5.91 Å². The number of amides is 1. The number of nitrogens with zero attached hydrogens (tertiary/aromatic N) is 1. The van der Waals surface area contributed by atoms with Crippen molar-refractivity contribution in [2.24, 2.45) is 0 Å². The molecule has 3 rings (SSSR count). The van der Waals surface area contributed by atoms with E-state index in [0.29, 0.717) is 5.82 Å². The third kappa shape index (κ3) is 3.54. The summed E-state index contributed by atoms with van der Waals surface area (Å²) in [7, 11) is 0. The van der Waals surface area contributed by atoms with E-state index >= 15 is 0 Å². The van der Waals surface area contributed by atoms with E-state index in [1.54, 1.807) is 12.1 Å². The van der Waals surface area contributed by atoms with E-state index in [1.807, 2.05) is 17.5 Å². The smallest absolute Gasteiger partial charge is 0.387 e. The van der Waals surface area contributed by atoms with Crippen LogP contribution in [0.2, 0.25) is 0 Å². The highest BCUT2D eigenvalue weighted by atomic mass is 32.1. The van der Waals surface area contributed by atoms with Crippen LogP contribution in [0.3, 0.4) is 0 Å². The number of hydrogen-bond acceptors (Lipinski definition) is 4. The van der Waals surface area contributed by atoms with E-state index < -0.39 is 12.5 Å². The minimum absolute atomic E-state index is 0.00785. The number of halogens is 2. The number of para-hydroxylation sites is 1. The molecular formula is C15H11F2N3O2S. The third-order valence-electron chi connectivity index (χ3n) is 2.95. The molecule has 23 heavy (non-hydrogen) atoms. The number of aromatic amines is 1. The quantitative estimate of drug-likeness (QED) is 0.741. The molecule has 118 valence electrons. The Labute approximate surface area is 133 Å². The number of hydrogen-bond donors (Lipinski definition) is 2. The summed E-state index contributed by atoms with van der Waals surface area (Å²) in [6.45, 7) is -3.00. The number of rotatable bonds is 5. The van der Waals surface area contributed by atoms with Crippen LogP contribution in [0, 0.1) is 0 Å². The predicted octanol–water partition coefficient (Wildman–Crippen LogP) is 3.99. The Hall–Kier alpha value is -2.74. The lowest BCUT2D eigenvalue weighted by Crippen LogP contribution is -2.15. The van der Waals surface area contributed by atoms with Crippen molar-refractivity contribution in [3.05, 3.63) is 53.4 Å². The molecule has 0 aliphatic heterocycles. The van der Waals surface area contributed by atoms with Gasteiger partial charge in [0.2, 0.25) is 0 Å². The fraction of sp³-hybridized carbons (Fsp3) is 0.0667. The summed E-state index contributed by atoms with van der Waals surface area (Å²) < 4.78 is 29.1. The maximum Gasteiger partial charge on any atom is 0.387 e. The van der Waals surface area contributed by atoms with Gasteiger partial charge in [-0.05, 0) is 23.6 Å². The van der Waals surface area contributed by atoms with Crippen LogP contribution >= 0.6 is 11.3 Å². The first-order valence-electron chi connectivity index (χ1n) is 6.58. The molecule has 0 atom stereocenters. The molecule has 0 aliphatic carbocycles. The number of nitrogens with one attached hydrogen (secondary N) is 2. The number of H-pyrrole nitrogens is 1. The first-order chi connectivity index (χ1) is 11.1. The average Bonchev–Trinajstić information content (AvgIpc) is 3.17. The molecule has 0 fully saturated rings. The van der Waals surface area contributed by atoms with E-state index in [0.717, 1.165) is 10.6 Å². The van der Waals surface area contributed by atoms with E-state index in [9.17, 15) is 13.6 Å². The van der Waals surface area contributed by atoms with Gasteiger partial charge in [-0.2, -0.15) is 13.9 Å². The Morgan fingerprint density at radius 3 is 2.83 bits per heavy atom. The van der Waals surface area contributed by atoms with Crippen molar-refractivity contribution in [2.45, 2.75) is 6.61 Å². The Balaban J connectivity index is 1.77. The zero-order valence-corrected chi connectivity index (χ0v) is 12.4. The SMILES string of the molecule is O=C(Nc1cc(-c2cccs2)[nH]n1)c1ccccc1OC(F)F. The first kappa shape index (κ1) is 15.2. The Morgan fingerprint density at radius 2 is 2.09 bits per heavy atom. The summed E-state index contributed by atoms with van der Waals surface area (Å²) in [5.74, 6) is -0.468. The highest BCUT2D eigenvalue weighted by molar-refractivity contribution is 7.13. The number of ether oxygens (including phenoxy) is 1. The normalized spacial score (nSPS) is 10.7. The van der Waals surface area contributed by atoms with Gasteiger partial charge in [0, 0.05) is 6.07 Å². The summed E-state index contributed by atoms with van der Waals surface area (Å²) >= 11 is 1.53. The molecule has 0 saturated carbocycles. The van der Waals surface area contributed by atoms with E-state index in [1.165, 1.54) is 29.5 Å². The Kier molecular flexibility index (Phi) is 4.33. The molecule has 0 aliphatic rings. The molecule has 3 aromatic rings.